The summed E-state index contributed by atoms with van der Waals surface area (Å²) in [4.78, 5) is 23.8. The van der Waals surface area contributed by atoms with Crippen LogP contribution in [0, 0.1) is 6.92 Å². The molecule has 1 aromatic carbocycles. The molecule has 0 bridgehead atoms. The van der Waals surface area contributed by atoms with Crippen molar-refractivity contribution in [2.24, 2.45) is 0 Å². The Labute approximate surface area is 142 Å². The van der Waals surface area contributed by atoms with Gasteiger partial charge in [-0.2, -0.15) is 0 Å². The van der Waals surface area contributed by atoms with Crippen molar-refractivity contribution in [1.29, 1.82) is 0 Å². The van der Waals surface area contributed by atoms with Crippen molar-refractivity contribution in [3.8, 4) is 0 Å². The molecule has 3 aromatic rings. The molecule has 2 aromatic heterocycles. The topological polar surface area (TPSA) is 67.9 Å². The molecule has 0 aliphatic carbocycles. The number of hydrogen-bond donors (Lipinski definition) is 1. The summed E-state index contributed by atoms with van der Waals surface area (Å²) in [6, 6.07) is 9.72. The number of pyridine rings is 1. The van der Waals surface area contributed by atoms with E-state index >= 15 is 0 Å². The molecule has 1 N–H and O–H groups in total. The van der Waals surface area contributed by atoms with E-state index in [1.165, 1.54) is 0 Å². The second-order valence-electron chi connectivity index (χ2n) is 5.44. The molecule has 3 rings (SSSR count). The van der Waals surface area contributed by atoms with Gasteiger partial charge in [0.15, 0.2) is 11.8 Å². The maximum atomic E-state index is 12.1. The molecule has 0 saturated carbocycles. The highest BCUT2D eigenvalue weighted by atomic mass is 79.9. The van der Waals surface area contributed by atoms with Crippen LogP contribution in [0.15, 0.2) is 41.0 Å². The molecule has 2 heterocycles. The molecule has 0 saturated heterocycles. The summed E-state index contributed by atoms with van der Waals surface area (Å²) in [6.45, 7) is 3.79. The van der Waals surface area contributed by atoms with Gasteiger partial charge in [-0.1, -0.05) is 29.8 Å². The summed E-state index contributed by atoms with van der Waals surface area (Å²) in [5, 5.41) is 0. The number of hydrogen-bond acceptors (Lipinski definition) is 4. The number of carbonyl (C=O) groups is 1. The minimum Gasteiger partial charge on any atom is -0.454 e. The second kappa shape index (κ2) is 6.50. The van der Waals surface area contributed by atoms with E-state index in [4.69, 9.17) is 4.74 Å². The first-order valence-electron chi connectivity index (χ1n) is 7.27. The van der Waals surface area contributed by atoms with E-state index in [2.05, 4.69) is 30.9 Å². The van der Waals surface area contributed by atoms with Gasteiger partial charge in [-0.15, -0.1) is 0 Å². The Bertz CT molecular complexity index is 860. The number of aromatic amines is 1. The third kappa shape index (κ3) is 3.76. The van der Waals surface area contributed by atoms with Crippen LogP contribution in [0.4, 0.5) is 0 Å². The Kier molecular flexibility index (Phi) is 4.43. The van der Waals surface area contributed by atoms with Gasteiger partial charge in [0.2, 0.25) is 0 Å². The molecule has 23 heavy (non-hydrogen) atoms. The predicted molar refractivity (Wildman–Crippen MR) is 91.0 cm³/mol. The SMILES string of the molecule is Cc1cccc(CC(=O)OC(C)c2nc3ncc(Br)cc3[nH]2)c1. The molecule has 0 aliphatic rings. The van der Waals surface area contributed by atoms with Crippen molar-refractivity contribution in [1.82, 2.24) is 15.0 Å². The summed E-state index contributed by atoms with van der Waals surface area (Å²) in [7, 11) is 0. The van der Waals surface area contributed by atoms with Crippen LogP contribution in [0.25, 0.3) is 11.2 Å². The number of halogens is 1. The number of H-pyrrole nitrogens is 1. The Morgan fingerprint density at radius 2 is 2.22 bits per heavy atom. The number of carbonyl (C=O) groups excluding carboxylic acids is 1. The fraction of sp³-hybridized carbons (Fsp3) is 0.235. The van der Waals surface area contributed by atoms with Gasteiger partial charge in [-0.3, -0.25) is 4.79 Å². The highest BCUT2D eigenvalue weighted by molar-refractivity contribution is 9.10. The molecule has 0 spiro atoms. The zero-order chi connectivity index (χ0) is 16.4. The Hall–Kier alpha value is -2.21. The lowest BCUT2D eigenvalue weighted by Crippen LogP contribution is -2.12. The number of ether oxygens (including phenoxy) is 1. The van der Waals surface area contributed by atoms with Crippen LogP contribution < -0.4 is 0 Å². The van der Waals surface area contributed by atoms with Crippen molar-refractivity contribution in [3.63, 3.8) is 0 Å². The zero-order valence-electron chi connectivity index (χ0n) is 12.8. The van der Waals surface area contributed by atoms with Gasteiger partial charge in [0.05, 0.1) is 11.9 Å². The minimum absolute atomic E-state index is 0.246. The number of rotatable bonds is 4. The van der Waals surface area contributed by atoms with Gasteiger partial charge in [0.25, 0.3) is 0 Å². The first-order valence-corrected chi connectivity index (χ1v) is 8.07. The minimum atomic E-state index is -0.458. The summed E-state index contributed by atoms with van der Waals surface area (Å²) in [5.41, 5.74) is 3.47. The number of aromatic nitrogens is 3. The van der Waals surface area contributed by atoms with Crippen LogP contribution in [0.5, 0.6) is 0 Å². The number of aryl methyl sites for hydroxylation is 1. The molecule has 0 radical (unpaired) electrons. The third-order valence-corrected chi connectivity index (χ3v) is 3.88. The van der Waals surface area contributed by atoms with Crippen molar-refractivity contribution >= 4 is 33.1 Å². The van der Waals surface area contributed by atoms with Crippen LogP contribution >= 0.6 is 15.9 Å². The summed E-state index contributed by atoms with van der Waals surface area (Å²) in [6.07, 6.45) is 1.47. The van der Waals surface area contributed by atoms with Gasteiger partial charge in [-0.25, -0.2) is 9.97 Å². The summed E-state index contributed by atoms with van der Waals surface area (Å²) in [5.74, 6) is 0.306. The number of nitrogens with zero attached hydrogens (tertiary/aromatic N) is 2. The lowest BCUT2D eigenvalue weighted by molar-refractivity contribution is -0.148. The van der Waals surface area contributed by atoms with Crippen LogP contribution in [-0.4, -0.2) is 20.9 Å². The number of imidazole rings is 1. The molecule has 0 fully saturated rings. The Morgan fingerprint density at radius 1 is 1.39 bits per heavy atom. The van der Waals surface area contributed by atoms with E-state index in [0.29, 0.717) is 11.5 Å². The molecule has 1 atom stereocenters. The van der Waals surface area contributed by atoms with E-state index in [9.17, 15) is 4.79 Å². The first-order chi connectivity index (χ1) is 11.0. The Morgan fingerprint density at radius 3 is 3.00 bits per heavy atom. The molecule has 6 heteroatoms. The van der Waals surface area contributed by atoms with Crippen LogP contribution in [0.3, 0.4) is 0 Å². The van der Waals surface area contributed by atoms with Crippen LogP contribution in [0.2, 0.25) is 0 Å². The molecule has 0 amide bonds. The molecule has 1 unspecified atom stereocenters. The van der Waals surface area contributed by atoms with Crippen molar-refractivity contribution in [2.75, 3.05) is 0 Å². The van der Waals surface area contributed by atoms with E-state index in [0.717, 1.165) is 21.1 Å². The maximum Gasteiger partial charge on any atom is 0.310 e. The van der Waals surface area contributed by atoms with E-state index < -0.39 is 6.10 Å². The van der Waals surface area contributed by atoms with E-state index in [1.54, 1.807) is 13.1 Å². The fourth-order valence-corrected chi connectivity index (χ4v) is 2.70. The molecule has 5 nitrogen and oxygen atoms in total. The standard InChI is InChI=1S/C17H16BrN3O2/c1-10-4-3-5-12(6-10)7-15(22)23-11(2)16-20-14-8-13(18)9-19-17(14)21-16/h3-6,8-9,11H,7H2,1-2H3,(H,19,20,21). The number of esters is 1. The Balaban J connectivity index is 1.69. The van der Waals surface area contributed by atoms with Crippen LogP contribution in [0.1, 0.15) is 30.0 Å². The molecule has 118 valence electrons. The average molecular weight is 374 g/mol. The number of nitrogens with one attached hydrogen (secondary N) is 1. The number of benzene rings is 1. The largest absolute Gasteiger partial charge is 0.454 e. The molecule has 0 aliphatic heterocycles. The van der Waals surface area contributed by atoms with Crippen molar-refractivity contribution < 1.29 is 9.53 Å². The van der Waals surface area contributed by atoms with Crippen molar-refractivity contribution in [2.45, 2.75) is 26.4 Å². The number of fused-ring (bicyclic) bond motifs is 1. The quantitative estimate of drug-likeness (QED) is 0.704. The van der Waals surface area contributed by atoms with Gasteiger partial charge < -0.3 is 9.72 Å². The van der Waals surface area contributed by atoms with Gasteiger partial charge in [0, 0.05) is 10.7 Å². The van der Waals surface area contributed by atoms with Crippen LogP contribution in [-0.2, 0) is 16.0 Å². The molecular formula is C17H16BrN3O2. The predicted octanol–water partition coefficient (Wildman–Crippen LogP) is 3.88. The maximum absolute atomic E-state index is 12.1. The highest BCUT2D eigenvalue weighted by Gasteiger charge is 2.16. The smallest absolute Gasteiger partial charge is 0.310 e. The van der Waals surface area contributed by atoms with E-state index in [-0.39, 0.29) is 12.4 Å². The van der Waals surface area contributed by atoms with Gasteiger partial charge >= 0.3 is 5.97 Å². The lowest BCUT2D eigenvalue weighted by Gasteiger charge is -2.11. The monoisotopic (exact) mass is 373 g/mol. The zero-order valence-corrected chi connectivity index (χ0v) is 14.4. The van der Waals surface area contributed by atoms with Gasteiger partial charge in [0.1, 0.15) is 5.82 Å². The highest BCUT2D eigenvalue weighted by Crippen LogP contribution is 2.20. The lowest BCUT2D eigenvalue weighted by atomic mass is 10.1. The third-order valence-electron chi connectivity index (χ3n) is 3.45. The molecular weight excluding hydrogens is 358 g/mol. The fourth-order valence-electron chi connectivity index (χ4n) is 2.37. The van der Waals surface area contributed by atoms with Crippen molar-refractivity contribution in [3.05, 3.63) is 58.0 Å². The summed E-state index contributed by atoms with van der Waals surface area (Å²) < 4.78 is 6.33. The summed E-state index contributed by atoms with van der Waals surface area (Å²) >= 11 is 3.37. The average Bonchev–Trinajstić information content (AvgIpc) is 2.90. The van der Waals surface area contributed by atoms with Gasteiger partial charge in [-0.05, 0) is 41.4 Å². The second-order valence-corrected chi connectivity index (χ2v) is 6.36. The normalized spacial score (nSPS) is 12.3. The first kappa shape index (κ1) is 15.7. The van der Waals surface area contributed by atoms with E-state index in [1.807, 2.05) is 37.3 Å².